The van der Waals surface area contributed by atoms with Crippen LogP contribution in [0.4, 0.5) is 5.95 Å². The number of nitrogens with zero attached hydrogens (tertiary/aromatic N) is 2. The summed E-state index contributed by atoms with van der Waals surface area (Å²) < 4.78 is 9.46. The van der Waals surface area contributed by atoms with Crippen LogP contribution in [0.25, 0.3) is 0 Å². The topological polar surface area (TPSA) is 73.3 Å². The van der Waals surface area contributed by atoms with Gasteiger partial charge < -0.3 is 14.8 Å². The largest absolute Gasteiger partial charge is 0.464 e. The SMILES string of the molecule is COCCCNc1nccc(C(=O)OC)n1. The maximum Gasteiger partial charge on any atom is 0.356 e. The molecule has 0 radical (unpaired) electrons. The minimum atomic E-state index is -0.470. The van der Waals surface area contributed by atoms with E-state index in [-0.39, 0.29) is 5.69 Å². The Morgan fingerprint density at radius 2 is 2.31 bits per heavy atom. The minimum Gasteiger partial charge on any atom is -0.464 e. The molecule has 0 spiro atoms. The average molecular weight is 225 g/mol. The van der Waals surface area contributed by atoms with Crippen LogP contribution in [0.3, 0.4) is 0 Å². The second-order valence-electron chi connectivity index (χ2n) is 3.03. The maximum atomic E-state index is 11.2. The highest BCUT2D eigenvalue weighted by molar-refractivity contribution is 5.87. The van der Waals surface area contributed by atoms with E-state index in [1.807, 2.05) is 0 Å². The van der Waals surface area contributed by atoms with Gasteiger partial charge in [0.2, 0.25) is 5.95 Å². The fourth-order valence-electron chi connectivity index (χ4n) is 1.08. The van der Waals surface area contributed by atoms with Crippen LogP contribution in [0.1, 0.15) is 16.9 Å². The van der Waals surface area contributed by atoms with Gasteiger partial charge in [-0.2, -0.15) is 0 Å². The number of carbonyl (C=O) groups excluding carboxylic acids is 1. The van der Waals surface area contributed by atoms with Crippen molar-refractivity contribution in [2.24, 2.45) is 0 Å². The predicted octanol–water partition coefficient (Wildman–Crippen LogP) is 0.712. The molecule has 0 aliphatic heterocycles. The van der Waals surface area contributed by atoms with E-state index in [4.69, 9.17) is 4.74 Å². The normalized spacial score (nSPS) is 9.88. The number of hydrogen-bond acceptors (Lipinski definition) is 6. The lowest BCUT2D eigenvalue weighted by Crippen LogP contribution is -2.11. The van der Waals surface area contributed by atoms with E-state index in [1.54, 1.807) is 7.11 Å². The molecule has 16 heavy (non-hydrogen) atoms. The van der Waals surface area contributed by atoms with E-state index in [1.165, 1.54) is 19.4 Å². The summed E-state index contributed by atoms with van der Waals surface area (Å²) in [4.78, 5) is 19.2. The number of methoxy groups -OCH3 is 2. The number of esters is 1. The molecule has 0 saturated heterocycles. The highest BCUT2D eigenvalue weighted by Gasteiger charge is 2.07. The van der Waals surface area contributed by atoms with Gasteiger partial charge in [0.15, 0.2) is 5.69 Å². The Labute approximate surface area is 94.0 Å². The first-order valence-electron chi connectivity index (χ1n) is 4.92. The van der Waals surface area contributed by atoms with Crippen molar-refractivity contribution in [2.75, 3.05) is 32.7 Å². The molecule has 6 heteroatoms. The fraction of sp³-hybridized carbons (Fsp3) is 0.500. The number of ether oxygens (including phenoxy) is 2. The van der Waals surface area contributed by atoms with Crippen molar-refractivity contribution in [2.45, 2.75) is 6.42 Å². The summed E-state index contributed by atoms with van der Waals surface area (Å²) in [7, 11) is 2.96. The lowest BCUT2D eigenvalue weighted by Gasteiger charge is -2.04. The minimum absolute atomic E-state index is 0.242. The number of aromatic nitrogens is 2. The molecular weight excluding hydrogens is 210 g/mol. The Kier molecular flexibility index (Phi) is 5.21. The van der Waals surface area contributed by atoms with Crippen molar-refractivity contribution in [3.05, 3.63) is 18.0 Å². The molecule has 1 N–H and O–H groups in total. The summed E-state index contributed by atoms with van der Waals surface area (Å²) in [6.45, 7) is 1.36. The molecule has 0 aliphatic rings. The second kappa shape index (κ2) is 6.73. The van der Waals surface area contributed by atoms with Crippen molar-refractivity contribution < 1.29 is 14.3 Å². The van der Waals surface area contributed by atoms with Crippen LogP contribution < -0.4 is 5.32 Å². The molecule has 1 heterocycles. The average Bonchev–Trinajstić information content (AvgIpc) is 2.34. The molecule has 88 valence electrons. The molecule has 0 atom stereocenters. The Morgan fingerprint density at radius 3 is 3.00 bits per heavy atom. The highest BCUT2D eigenvalue weighted by Crippen LogP contribution is 2.01. The zero-order valence-electron chi connectivity index (χ0n) is 9.40. The number of nitrogens with one attached hydrogen (secondary N) is 1. The Balaban J connectivity index is 2.50. The van der Waals surface area contributed by atoms with Crippen molar-refractivity contribution in [3.8, 4) is 0 Å². The first-order valence-corrected chi connectivity index (χ1v) is 4.92. The quantitative estimate of drug-likeness (QED) is 0.568. The molecule has 6 nitrogen and oxygen atoms in total. The molecule has 0 aromatic carbocycles. The summed E-state index contributed by atoms with van der Waals surface area (Å²) in [6.07, 6.45) is 2.36. The molecule has 1 aromatic heterocycles. The summed E-state index contributed by atoms with van der Waals surface area (Å²) >= 11 is 0. The summed E-state index contributed by atoms with van der Waals surface area (Å²) in [6, 6.07) is 1.51. The Morgan fingerprint density at radius 1 is 1.50 bits per heavy atom. The summed E-state index contributed by atoms with van der Waals surface area (Å²) in [5.41, 5.74) is 0.242. The van der Waals surface area contributed by atoms with Crippen LogP contribution in [0.2, 0.25) is 0 Å². The van der Waals surface area contributed by atoms with E-state index >= 15 is 0 Å². The zero-order chi connectivity index (χ0) is 11.8. The van der Waals surface area contributed by atoms with Gasteiger partial charge in [-0.25, -0.2) is 14.8 Å². The zero-order valence-corrected chi connectivity index (χ0v) is 9.40. The van der Waals surface area contributed by atoms with Crippen LogP contribution in [0, 0.1) is 0 Å². The van der Waals surface area contributed by atoms with Crippen molar-refractivity contribution >= 4 is 11.9 Å². The van der Waals surface area contributed by atoms with Gasteiger partial charge in [0.1, 0.15) is 0 Å². The molecular formula is C10H15N3O3. The van der Waals surface area contributed by atoms with E-state index < -0.39 is 5.97 Å². The number of anilines is 1. The van der Waals surface area contributed by atoms with Crippen LogP contribution in [-0.2, 0) is 9.47 Å². The lowest BCUT2D eigenvalue weighted by atomic mass is 10.4. The standard InChI is InChI=1S/C10H15N3O3/c1-15-7-3-5-11-10-12-6-4-8(13-10)9(14)16-2/h4,6H,3,5,7H2,1-2H3,(H,11,12,13). The van der Waals surface area contributed by atoms with Gasteiger partial charge in [0, 0.05) is 26.5 Å². The van der Waals surface area contributed by atoms with Crippen LogP contribution in [-0.4, -0.2) is 43.3 Å². The van der Waals surface area contributed by atoms with Crippen molar-refractivity contribution in [1.82, 2.24) is 9.97 Å². The van der Waals surface area contributed by atoms with Gasteiger partial charge in [-0.3, -0.25) is 0 Å². The second-order valence-corrected chi connectivity index (χ2v) is 3.03. The first-order chi connectivity index (χ1) is 7.77. The van der Waals surface area contributed by atoms with Crippen molar-refractivity contribution in [1.29, 1.82) is 0 Å². The van der Waals surface area contributed by atoms with E-state index in [2.05, 4.69) is 20.0 Å². The monoisotopic (exact) mass is 225 g/mol. The Hall–Kier alpha value is -1.69. The van der Waals surface area contributed by atoms with E-state index in [9.17, 15) is 4.79 Å². The third-order valence-corrected chi connectivity index (χ3v) is 1.86. The summed E-state index contributed by atoms with van der Waals surface area (Å²) in [5.74, 6) is -0.0543. The van der Waals surface area contributed by atoms with Gasteiger partial charge in [0.05, 0.1) is 7.11 Å². The van der Waals surface area contributed by atoms with Gasteiger partial charge in [0.25, 0.3) is 0 Å². The first kappa shape index (κ1) is 12.4. The third kappa shape index (κ3) is 3.82. The molecule has 0 amide bonds. The van der Waals surface area contributed by atoms with E-state index in [0.29, 0.717) is 19.1 Å². The van der Waals surface area contributed by atoms with Crippen LogP contribution in [0.5, 0.6) is 0 Å². The van der Waals surface area contributed by atoms with E-state index in [0.717, 1.165) is 6.42 Å². The Bertz CT molecular complexity index is 344. The highest BCUT2D eigenvalue weighted by atomic mass is 16.5. The predicted molar refractivity (Wildman–Crippen MR) is 58.4 cm³/mol. The molecule has 0 aliphatic carbocycles. The van der Waals surface area contributed by atoms with Gasteiger partial charge in [-0.15, -0.1) is 0 Å². The van der Waals surface area contributed by atoms with Crippen molar-refractivity contribution in [3.63, 3.8) is 0 Å². The van der Waals surface area contributed by atoms with Crippen LogP contribution >= 0.6 is 0 Å². The molecule has 1 rings (SSSR count). The number of carbonyl (C=O) groups is 1. The smallest absolute Gasteiger partial charge is 0.356 e. The van der Waals surface area contributed by atoms with Gasteiger partial charge >= 0.3 is 5.97 Å². The maximum absolute atomic E-state index is 11.2. The number of hydrogen-bond donors (Lipinski definition) is 1. The third-order valence-electron chi connectivity index (χ3n) is 1.86. The van der Waals surface area contributed by atoms with Gasteiger partial charge in [-0.05, 0) is 12.5 Å². The fourth-order valence-corrected chi connectivity index (χ4v) is 1.08. The lowest BCUT2D eigenvalue weighted by molar-refractivity contribution is 0.0594. The molecule has 0 bridgehead atoms. The van der Waals surface area contributed by atoms with Crippen LogP contribution in [0.15, 0.2) is 12.3 Å². The number of rotatable bonds is 6. The molecule has 0 fully saturated rings. The molecule has 0 unspecified atom stereocenters. The van der Waals surface area contributed by atoms with Gasteiger partial charge in [-0.1, -0.05) is 0 Å². The molecule has 0 saturated carbocycles. The molecule has 1 aromatic rings. The summed E-state index contributed by atoms with van der Waals surface area (Å²) in [5, 5.41) is 2.99.